The highest BCUT2D eigenvalue weighted by Crippen LogP contribution is 2.25. The number of benzene rings is 1. The van der Waals surface area contributed by atoms with Crippen LogP contribution in [0.25, 0.3) is 0 Å². The molecule has 1 rings (SSSR count). The van der Waals surface area contributed by atoms with Gasteiger partial charge < -0.3 is 15.2 Å². The summed E-state index contributed by atoms with van der Waals surface area (Å²) in [5.74, 6) is 4.31. The van der Waals surface area contributed by atoms with Crippen molar-refractivity contribution < 1.29 is 9.47 Å². The number of nitrogens with two attached hydrogens (primary N) is 1. The van der Waals surface area contributed by atoms with Crippen LogP contribution in [0.15, 0.2) is 18.2 Å². The maximum Gasteiger partial charge on any atom is 0.122 e. The second kappa shape index (κ2) is 8.44. The van der Waals surface area contributed by atoms with Crippen molar-refractivity contribution in [1.82, 2.24) is 0 Å². The van der Waals surface area contributed by atoms with Gasteiger partial charge in [0.1, 0.15) is 11.5 Å². The van der Waals surface area contributed by atoms with Crippen molar-refractivity contribution in [2.24, 2.45) is 5.73 Å². The van der Waals surface area contributed by atoms with Crippen molar-refractivity contribution in [3.63, 3.8) is 0 Å². The molecule has 3 heteroatoms. The Morgan fingerprint density at radius 3 is 2.84 bits per heavy atom. The minimum atomic E-state index is 0.139. The number of hydrogen-bond acceptors (Lipinski definition) is 3. The smallest absolute Gasteiger partial charge is 0.122 e. The molecular formula is C16H23NO2. The van der Waals surface area contributed by atoms with Crippen LogP contribution in [0.1, 0.15) is 31.7 Å². The first kappa shape index (κ1) is 15.4. The molecule has 1 unspecified atom stereocenters. The molecule has 2 N–H and O–H groups in total. The lowest BCUT2D eigenvalue weighted by Gasteiger charge is -2.15. The third-order valence-electron chi connectivity index (χ3n) is 3.00. The highest BCUT2D eigenvalue weighted by Gasteiger charge is 2.09. The highest BCUT2D eigenvalue weighted by molar-refractivity contribution is 5.40. The van der Waals surface area contributed by atoms with Crippen molar-refractivity contribution in [1.29, 1.82) is 0 Å². The van der Waals surface area contributed by atoms with E-state index in [2.05, 4.69) is 12.8 Å². The van der Waals surface area contributed by atoms with Crippen molar-refractivity contribution in [2.45, 2.75) is 38.6 Å². The van der Waals surface area contributed by atoms with Gasteiger partial charge in [-0.3, -0.25) is 0 Å². The Balaban J connectivity index is 2.74. The van der Waals surface area contributed by atoms with Gasteiger partial charge in [0.15, 0.2) is 0 Å². The van der Waals surface area contributed by atoms with E-state index in [-0.39, 0.29) is 6.04 Å². The fourth-order valence-corrected chi connectivity index (χ4v) is 1.77. The molecule has 1 aromatic rings. The zero-order chi connectivity index (χ0) is 14.1. The molecule has 0 bridgehead atoms. The summed E-state index contributed by atoms with van der Waals surface area (Å²) in [5, 5.41) is 0. The van der Waals surface area contributed by atoms with Crippen molar-refractivity contribution in [3.05, 3.63) is 23.8 Å². The number of methoxy groups -OCH3 is 1. The standard InChI is InChI=1S/C16H23NO2/c1-4-6-7-10-19-16-9-8-15(18-3)12-13(16)11-14(17)5-2/h1,8-9,12,14H,5-7,10-11,17H2,2-3H3. The van der Waals surface area contributed by atoms with Gasteiger partial charge in [0.2, 0.25) is 0 Å². The minimum Gasteiger partial charge on any atom is -0.497 e. The molecule has 1 atom stereocenters. The van der Waals surface area contributed by atoms with E-state index in [0.29, 0.717) is 6.61 Å². The molecule has 3 nitrogen and oxygen atoms in total. The second-order valence-electron chi connectivity index (χ2n) is 4.50. The zero-order valence-corrected chi connectivity index (χ0v) is 11.8. The molecule has 1 aromatic carbocycles. The Morgan fingerprint density at radius 2 is 2.21 bits per heavy atom. The van der Waals surface area contributed by atoms with E-state index in [1.165, 1.54) is 0 Å². The predicted molar refractivity (Wildman–Crippen MR) is 78.5 cm³/mol. The van der Waals surface area contributed by atoms with Crippen LogP contribution in [-0.4, -0.2) is 19.8 Å². The SMILES string of the molecule is C#CCCCOc1ccc(OC)cc1CC(N)CC. The quantitative estimate of drug-likeness (QED) is 0.578. The topological polar surface area (TPSA) is 44.5 Å². The Hall–Kier alpha value is -1.66. The number of hydrogen-bond donors (Lipinski definition) is 1. The molecule has 19 heavy (non-hydrogen) atoms. The maximum atomic E-state index is 6.02. The Bertz CT molecular complexity index is 423. The summed E-state index contributed by atoms with van der Waals surface area (Å²) in [4.78, 5) is 0. The third kappa shape index (κ3) is 5.23. The summed E-state index contributed by atoms with van der Waals surface area (Å²) in [7, 11) is 1.66. The predicted octanol–water partition coefficient (Wildman–Crippen LogP) is 2.77. The molecular weight excluding hydrogens is 238 g/mol. The Morgan fingerprint density at radius 1 is 1.42 bits per heavy atom. The average molecular weight is 261 g/mol. The summed E-state index contributed by atoms with van der Waals surface area (Å²) in [6.07, 6.45) is 8.55. The van der Waals surface area contributed by atoms with Gasteiger partial charge in [0.05, 0.1) is 13.7 Å². The van der Waals surface area contributed by atoms with Gasteiger partial charge in [-0.15, -0.1) is 12.3 Å². The van der Waals surface area contributed by atoms with Gasteiger partial charge in [-0.2, -0.15) is 0 Å². The summed E-state index contributed by atoms with van der Waals surface area (Å²) in [6.45, 7) is 2.71. The first-order valence-electron chi connectivity index (χ1n) is 6.70. The van der Waals surface area contributed by atoms with Gasteiger partial charge in [-0.25, -0.2) is 0 Å². The van der Waals surface area contributed by atoms with Crippen molar-refractivity contribution >= 4 is 0 Å². The summed E-state index contributed by atoms with van der Waals surface area (Å²) < 4.78 is 11.0. The van der Waals surface area contributed by atoms with E-state index in [0.717, 1.165) is 42.7 Å². The molecule has 0 aromatic heterocycles. The first-order chi connectivity index (χ1) is 9.21. The fourth-order valence-electron chi connectivity index (χ4n) is 1.77. The average Bonchev–Trinajstić information content (AvgIpc) is 2.44. The molecule has 0 fully saturated rings. The van der Waals surface area contributed by atoms with Crippen LogP contribution in [0.2, 0.25) is 0 Å². The molecule has 0 amide bonds. The largest absolute Gasteiger partial charge is 0.497 e. The van der Waals surface area contributed by atoms with Crippen LogP contribution in [0.5, 0.6) is 11.5 Å². The maximum absolute atomic E-state index is 6.02. The van der Waals surface area contributed by atoms with Gasteiger partial charge >= 0.3 is 0 Å². The summed E-state index contributed by atoms with van der Waals surface area (Å²) in [5.41, 5.74) is 7.11. The monoisotopic (exact) mass is 261 g/mol. The van der Waals surface area contributed by atoms with Crippen LogP contribution in [0.4, 0.5) is 0 Å². The zero-order valence-electron chi connectivity index (χ0n) is 11.8. The normalized spacial score (nSPS) is 11.7. The van der Waals surface area contributed by atoms with Gasteiger partial charge in [0, 0.05) is 12.5 Å². The lowest BCUT2D eigenvalue weighted by Crippen LogP contribution is -2.21. The number of ether oxygens (including phenoxy) is 2. The van der Waals surface area contributed by atoms with E-state index in [1.807, 2.05) is 18.2 Å². The van der Waals surface area contributed by atoms with E-state index < -0.39 is 0 Å². The van der Waals surface area contributed by atoms with Crippen LogP contribution in [0, 0.1) is 12.3 Å². The van der Waals surface area contributed by atoms with Gasteiger partial charge in [-0.05, 0) is 43.0 Å². The van der Waals surface area contributed by atoms with Crippen molar-refractivity contribution in [3.8, 4) is 23.8 Å². The Labute approximate surface area is 116 Å². The molecule has 0 aliphatic heterocycles. The lowest BCUT2D eigenvalue weighted by atomic mass is 10.0. The fraction of sp³-hybridized carbons (Fsp3) is 0.500. The van der Waals surface area contributed by atoms with Gasteiger partial charge in [-0.1, -0.05) is 6.92 Å². The molecule has 0 radical (unpaired) electrons. The molecule has 0 saturated carbocycles. The number of terminal acetylenes is 1. The van der Waals surface area contributed by atoms with Crippen LogP contribution < -0.4 is 15.2 Å². The van der Waals surface area contributed by atoms with E-state index in [4.69, 9.17) is 21.6 Å². The second-order valence-corrected chi connectivity index (χ2v) is 4.50. The molecule has 0 spiro atoms. The highest BCUT2D eigenvalue weighted by atomic mass is 16.5. The van der Waals surface area contributed by atoms with Crippen LogP contribution >= 0.6 is 0 Å². The third-order valence-corrected chi connectivity index (χ3v) is 3.00. The molecule has 0 aliphatic rings. The van der Waals surface area contributed by atoms with Crippen LogP contribution in [0.3, 0.4) is 0 Å². The van der Waals surface area contributed by atoms with E-state index >= 15 is 0 Å². The van der Waals surface area contributed by atoms with Crippen LogP contribution in [-0.2, 0) is 6.42 Å². The lowest BCUT2D eigenvalue weighted by molar-refractivity contribution is 0.308. The van der Waals surface area contributed by atoms with E-state index in [1.54, 1.807) is 7.11 Å². The molecule has 0 heterocycles. The summed E-state index contributed by atoms with van der Waals surface area (Å²) in [6, 6.07) is 5.97. The summed E-state index contributed by atoms with van der Waals surface area (Å²) >= 11 is 0. The molecule has 0 aliphatic carbocycles. The molecule has 104 valence electrons. The number of unbranched alkanes of at least 4 members (excludes halogenated alkanes) is 1. The number of rotatable bonds is 8. The van der Waals surface area contributed by atoms with Gasteiger partial charge in [0.25, 0.3) is 0 Å². The van der Waals surface area contributed by atoms with Crippen molar-refractivity contribution in [2.75, 3.05) is 13.7 Å². The van der Waals surface area contributed by atoms with E-state index in [9.17, 15) is 0 Å². The minimum absolute atomic E-state index is 0.139. The molecule has 0 saturated heterocycles. The first-order valence-corrected chi connectivity index (χ1v) is 6.70. The Kier molecular flexibility index (Phi) is 6.84.